The summed E-state index contributed by atoms with van der Waals surface area (Å²) in [5.41, 5.74) is 2.34. The number of nitrogens with zero attached hydrogens (tertiary/aromatic N) is 5. The largest absolute Gasteiger partial charge is 0.347 e. The van der Waals surface area contributed by atoms with Gasteiger partial charge < -0.3 is 10.2 Å². The van der Waals surface area contributed by atoms with Crippen molar-refractivity contribution >= 4 is 28.4 Å². The molecule has 10 heteroatoms. The molecule has 0 radical (unpaired) electrons. The minimum atomic E-state index is -0.306. The fourth-order valence-corrected chi connectivity index (χ4v) is 4.63. The summed E-state index contributed by atoms with van der Waals surface area (Å²) in [6.07, 6.45) is 3.54. The molecule has 0 bridgehead atoms. The number of carbonyl (C=O) groups excluding carboxylic acids is 2. The number of benzene rings is 1. The van der Waals surface area contributed by atoms with Gasteiger partial charge in [-0.25, -0.2) is 14.2 Å². The van der Waals surface area contributed by atoms with Crippen molar-refractivity contribution in [3.8, 4) is 0 Å². The monoisotopic (exact) mass is 442 g/mol. The Balaban J connectivity index is 1.45. The zero-order chi connectivity index (χ0) is 22.1. The lowest BCUT2D eigenvalue weighted by atomic mass is 10.2. The lowest BCUT2D eigenvalue weighted by molar-refractivity contribution is 0.0954. The van der Waals surface area contributed by atoms with Crippen LogP contribution in [-0.4, -0.2) is 44.2 Å². The van der Waals surface area contributed by atoms with E-state index in [9.17, 15) is 14.0 Å². The fourth-order valence-electron chi connectivity index (χ4n) is 3.55. The van der Waals surface area contributed by atoms with Gasteiger partial charge in [-0.1, -0.05) is 23.5 Å². The number of amides is 3. The number of halogens is 1. The Hall–Kier alpha value is -3.27. The lowest BCUT2D eigenvalue weighted by Crippen LogP contribution is -2.33. The van der Waals surface area contributed by atoms with Crippen molar-refractivity contribution in [2.24, 2.45) is 7.05 Å². The molecule has 1 aromatic carbocycles. The van der Waals surface area contributed by atoms with E-state index in [0.29, 0.717) is 35.3 Å². The Kier molecular flexibility index (Phi) is 5.73. The van der Waals surface area contributed by atoms with E-state index in [1.165, 1.54) is 23.5 Å². The second-order valence-electron chi connectivity index (χ2n) is 7.62. The van der Waals surface area contributed by atoms with Crippen LogP contribution in [0.3, 0.4) is 0 Å². The maximum Gasteiger partial charge on any atom is 0.326 e. The number of hydrogen-bond acceptors (Lipinski definition) is 5. The van der Waals surface area contributed by atoms with Crippen LogP contribution in [0.15, 0.2) is 36.7 Å². The van der Waals surface area contributed by atoms with Gasteiger partial charge in [-0.3, -0.25) is 14.4 Å². The predicted octanol–water partition coefficient (Wildman–Crippen LogP) is 3.08. The molecule has 0 aliphatic carbocycles. The number of aromatic nitrogens is 3. The number of anilines is 1. The highest BCUT2D eigenvalue weighted by Gasteiger charge is 2.37. The molecule has 1 aliphatic rings. The van der Waals surface area contributed by atoms with Gasteiger partial charge in [0.05, 0.1) is 17.9 Å². The third-order valence-corrected chi connectivity index (χ3v) is 6.25. The van der Waals surface area contributed by atoms with Gasteiger partial charge in [0.25, 0.3) is 5.91 Å². The lowest BCUT2D eigenvalue weighted by Gasteiger charge is -2.17. The minimum Gasteiger partial charge on any atom is -0.347 e. The zero-order valence-corrected chi connectivity index (χ0v) is 18.3. The second kappa shape index (κ2) is 8.46. The predicted molar refractivity (Wildman–Crippen MR) is 115 cm³/mol. The van der Waals surface area contributed by atoms with Gasteiger partial charge in [-0.05, 0) is 31.5 Å². The van der Waals surface area contributed by atoms with E-state index in [-0.39, 0.29) is 23.8 Å². The third-order valence-electron chi connectivity index (χ3n) is 5.10. The molecule has 4 rings (SSSR count). The smallest absolute Gasteiger partial charge is 0.326 e. The van der Waals surface area contributed by atoms with Gasteiger partial charge >= 0.3 is 6.03 Å². The Bertz CT molecular complexity index is 1110. The topological polar surface area (TPSA) is 83.4 Å². The van der Waals surface area contributed by atoms with E-state index in [4.69, 9.17) is 0 Å². The summed E-state index contributed by atoms with van der Waals surface area (Å²) in [5.74, 6) is -0.536. The Morgan fingerprint density at radius 3 is 2.71 bits per heavy atom. The van der Waals surface area contributed by atoms with Crippen LogP contribution < -0.4 is 10.2 Å². The summed E-state index contributed by atoms with van der Waals surface area (Å²) in [6.45, 7) is 4.99. The van der Waals surface area contributed by atoms with Crippen LogP contribution in [0, 0.1) is 12.7 Å². The average molecular weight is 443 g/mol. The van der Waals surface area contributed by atoms with Crippen LogP contribution in [0.4, 0.5) is 14.3 Å². The number of thiazole rings is 1. The molecule has 2 aromatic heterocycles. The van der Waals surface area contributed by atoms with Gasteiger partial charge in [0, 0.05) is 38.4 Å². The van der Waals surface area contributed by atoms with Crippen molar-refractivity contribution < 1.29 is 14.0 Å². The molecule has 0 spiro atoms. The summed E-state index contributed by atoms with van der Waals surface area (Å²) in [5, 5.41) is 7.47. The molecule has 1 saturated heterocycles. The SMILES string of the molecule is Cc1nc(N2C(=O)N(Cc3ccc(F)cc3)CC2C)sc1C(=O)NCc1cnn(C)c1. The molecule has 1 fully saturated rings. The van der Waals surface area contributed by atoms with Gasteiger partial charge in [0.1, 0.15) is 10.7 Å². The molecule has 0 saturated carbocycles. The molecule has 3 heterocycles. The van der Waals surface area contributed by atoms with Crippen LogP contribution in [0.5, 0.6) is 0 Å². The highest BCUT2D eigenvalue weighted by molar-refractivity contribution is 7.17. The van der Waals surface area contributed by atoms with Crippen molar-refractivity contribution in [3.63, 3.8) is 0 Å². The van der Waals surface area contributed by atoms with E-state index in [0.717, 1.165) is 11.1 Å². The van der Waals surface area contributed by atoms with Crippen LogP contribution in [0.2, 0.25) is 0 Å². The fraction of sp³-hybridized carbons (Fsp3) is 0.333. The summed E-state index contributed by atoms with van der Waals surface area (Å²) in [6, 6.07) is 5.86. The average Bonchev–Trinajstić information content (AvgIpc) is 3.39. The van der Waals surface area contributed by atoms with Crippen molar-refractivity contribution in [1.29, 1.82) is 0 Å². The quantitative estimate of drug-likeness (QED) is 0.636. The van der Waals surface area contributed by atoms with Gasteiger partial charge in [-0.2, -0.15) is 5.10 Å². The number of hydrogen-bond donors (Lipinski definition) is 1. The van der Waals surface area contributed by atoms with Crippen molar-refractivity contribution in [2.75, 3.05) is 11.4 Å². The van der Waals surface area contributed by atoms with Crippen LogP contribution >= 0.6 is 11.3 Å². The van der Waals surface area contributed by atoms with Crippen molar-refractivity contribution in [1.82, 2.24) is 25.0 Å². The first kappa shape index (κ1) is 21.0. The molecule has 8 nitrogen and oxygen atoms in total. The highest BCUT2D eigenvalue weighted by Crippen LogP contribution is 2.32. The molecule has 1 aliphatic heterocycles. The van der Waals surface area contributed by atoms with Gasteiger partial charge in [0.15, 0.2) is 5.13 Å². The summed E-state index contributed by atoms with van der Waals surface area (Å²) < 4.78 is 14.8. The van der Waals surface area contributed by atoms with E-state index < -0.39 is 0 Å². The molecular formula is C21H23FN6O2S. The number of aryl methyl sites for hydroxylation is 2. The van der Waals surface area contributed by atoms with Crippen LogP contribution in [-0.2, 0) is 20.1 Å². The van der Waals surface area contributed by atoms with E-state index in [1.54, 1.807) is 39.7 Å². The standard InChI is InChI=1S/C21H23FN6O2S/c1-13-10-27(12-15-4-6-17(22)7-5-15)21(30)28(13)20-25-14(2)18(31-20)19(29)23-8-16-9-24-26(3)11-16/h4-7,9,11,13H,8,10,12H2,1-3H3,(H,23,29). The molecule has 162 valence electrons. The molecule has 1 N–H and O–H groups in total. The minimum absolute atomic E-state index is 0.0928. The molecule has 1 atom stereocenters. The number of urea groups is 1. The molecular weight excluding hydrogens is 419 g/mol. The third kappa shape index (κ3) is 4.43. The second-order valence-corrected chi connectivity index (χ2v) is 8.60. The number of rotatable bonds is 6. The zero-order valence-electron chi connectivity index (χ0n) is 17.5. The first-order valence-corrected chi connectivity index (χ1v) is 10.7. The van der Waals surface area contributed by atoms with E-state index in [1.807, 2.05) is 20.2 Å². The Labute approximate surface area is 183 Å². The number of carbonyl (C=O) groups is 2. The Morgan fingerprint density at radius 2 is 2.03 bits per heavy atom. The van der Waals surface area contributed by atoms with Crippen LogP contribution in [0.25, 0.3) is 0 Å². The van der Waals surface area contributed by atoms with Crippen molar-refractivity contribution in [2.45, 2.75) is 33.0 Å². The molecule has 3 aromatic rings. The highest BCUT2D eigenvalue weighted by atomic mass is 32.1. The number of nitrogens with one attached hydrogen (secondary N) is 1. The van der Waals surface area contributed by atoms with Crippen LogP contribution in [0.1, 0.15) is 33.4 Å². The summed E-state index contributed by atoms with van der Waals surface area (Å²) >= 11 is 1.21. The molecule has 31 heavy (non-hydrogen) atoms. The first-order chi connectivity index (χ1) is 14.8. The summed E-state index contributed by atoms with van der Waals surface area (Å²) in [4.78, 5) is 34.0. The van der Waals surface area contributed by atoms with E-state index >= 15 is 0 Å². The van der Waals surface area contributed by atoms with Gasteiger partial charge in [-0.15, -0.1) is 0 Å². The first-order valence-electron chi connectivity index (χ1n) is 9.87. The van der Waals surface area contributed by atoms with E-state index in [2.05, 4.69) is 15.4 Å². The van der Waals surface area contributed by atoms with Gasteiger partial charge in [0.2, 0.25) is 0 Å². The maximum absolute atomic E-state index is 13.1. The van der Waals surface area contributed by atoms with Crippen molar-refractivity contribution in [3.05, 3.63) is 64.2 Å². The molecule has 3 amide bonds. The molecule has 1 unspecified atom stereocenters. The Morgan fingerprint density at radius 1 is 1.29 bits per heavy atom. The normalized spacial score (nSPS) is 16.3. The summed E-state index contributed by atoms with van der Waals surface area (Å²) in [7, 11) is 1.82. The maximum atomic E-state index is 13.1.